The zero-order valence-electron chi connectivity index (χ0n) is 10.7. The number of nitrogens with zero attached hydrogens (tertiary/aromatic N) is 1. The predicted molar refractivity (Wildman–Crippen MR) is 72.5 cm³/mol. The van der Waals surface area contributed by atoms with Crippen LogP contribution in [0, 0.1) is 11.8 Å². The van der Waals surface area contributed by atoms with Crippen molar-refractivity contribution in [1.29, 1.82) is 0 Å². The first-order valence-corrected chi connectivity index (χ1v) is 6.16. The first kappa shape index (κ1) is 13.4. The fraction of sp³-hybridized carbons (Fsp3) is 0.286. The molecule has 0 radical (unpaired) electrons. The molecule has 5 heteroatoms. The SMILES string of the molecule is CC#CCN1C(=O)N[C@](C)(c2ccc(Cl)cc2)C1=O. The van der Waals surface area contributed by atoms with Gasteiger partial charge in [-0.05, 0) is 31.5 Å². The summed E-state index contributed by atoms with van der Waals surface area (Å²) in [4.78, 5) is 25.3. The highest BCUT2D eigenvalue weighted by Gasteiger charge is 2.48. The van der Waals surface area contributed by atoms with Crippen LogP contribution in [0.4, 0.5) is 4.79 Å². The van der Waals surface area contributed by atoms with Gasteiger partial charge in [-0.1, -0.05) is 29.7 Å². The van der Waals surface area contributed by atoms with E-state index in [0.717, 1.165) is 4.90 Å². The van der Waals surface area contributed by atoms with Crippen LogP contribution in [0.1, 0.15) is 19.4 Å². The first-order valence-electron chi connectivity index (χ1n) is 5.79. The zero-order chi connectivity index (χ0) is 14.0. The third-order valence-electron chi connectivity index (χ3n) is 3.11. The van der Waals surface area contributed by atoms with Crippen LogP contribution in [0.2, 0.25) is 5.02 Å². The van der Waals surface area contributed by atoms with Crippen LogP contribution in [0.15, 0.2) is 24.3 Å². The van der Waals surface area contributed by atoms with Crippen LogP contribution in [0.3, 0.4) is 0 Å². The molecule has 0 aromatic heterocycles. The fourth-order valence-corrected chi connectivity index (χ4v) is 2.10. The van der Waals surface area contributed by atoms with Crippen LogP contribution in [0.25, 0.3) is 0 Å². The van der Waals surface area contributed by atoms with Gasteiger partial charge in [0.05, 0.1) is 6.54 Å². The highest BCUT2D eigenvalue weighted by Crippen LogP contribution is 2.29. The Balaban J connectivity index is 2.34. The molecule has 0 aliphatic carbocycles. The van der Waals surface area contributed by atoms with E-state index in [0.29, 0.717) is 10.6 Å². The van der Waals surface area contributed by atoms with Gasteiger partial charge in [-0.25, -0.2) is 4.79 Å². The van der Waals surface area contributed by atoms with Gasteiger partial charge in [0, 0.05) is 5.02 Å². The summed E-state index contributed by atoms with van der Waals surface area (Å²) in [7, 11) is 0. The standard InChI is InChI=1S/C14H13ClN2O2/c1-3-4-9-17-12(18)14(2,16-13(17)19)10-5-7-11(15)8-6-10/h5-8H,9H2,1-2H3,(H,16,19)/t14-/m1/s1. The minimum Gasteiger partial charge on any atom is -0.319 e. The minimum absolute atomic E-state index is 0.102. The van der Waals surface area contributed by atoms with Gasteiger partial charge in [-0.2, -0.15) is 0 Å². The highest BCUT2D eigenvalue weighted by molar-refractivity contribution is 6.30. The van der Waals surface area contributed by atoms with Gasteiger partial charge in [0.1, 0.15) is 5.54 Å². The third kappa shape index (κ3) is 2.29. The summed E-state index contributed by atoms with van der Waals surface area (Å²) in [5.74, 6) is 5.09. The Bertz CT molecular complexity index is 586. The molecule has 1 aliphatic rings. The summed E-state index contributed by atoms with van der Waals surface area (Å²) in [6.07, 6.45) is 0. The molecule has 3 amide bonds. The molecule has 1 aliphatic heterocycles. The van der Waals surface area contributed by atoms with E-state index in [4.69, 9.17) is 11.6 Å². The number of carbonyl (C=O) groups is 2. The predicted octanol–water partition coefficient (Wildman–Crippen LogP) is 2.13. The maximum absolute atomic E-state index is 12.4. The lowest BCUT2D eigenvalue weighted by molar-refractivity contribution is -0.130. The average Bonchev–Trinajstić information content (AvgIpc) is 2.60. The van der Waals surface area contributed by atoms with Gasteiger partial charge in [0.15, 0.2) is 0 Å². The molecule has 1 atom stereocenters. The first-order chi connectivity index (χ1) is 8.99. The Morgan fingerprint density at radius 2 is 1.95 bits per heavy atom. The summed E-state index contributed by atoms with van der Waals surface area (Å²) in [5, 5.41) is 3.28. The van der Waals surface area contributed by atoms with E-state index in [2.05, 4.69) is 17.2 Å². The number of nitrogens with one attached hydrogen (secondary N) is 1. The van der Waals surface area contributed by atoms with Crippen molar-refractivity contribution in [2.45, 2.75) is 19.4 Å². The number of imide groups is 1. The van der Waals surface area contributed by atoms with Crippen LogP contribution in [-0.4, -0.2) is 23.4 Å². The molecule has 19 heavy (non-hydrogen) atoms. The second kappa shape index (κ2) is 4.94. The van der Waals surface area contributed by atoms with Crippen molar-refractivity contribution >= 4 is 23.5 Å². The third-order valence-corrected chi connectivity index (χ3v) is 3.36. The summed E-state index contributed by atoms with van der Waals surface area (Å²) in [6, 6.07) is 6.42. The summed E-state index contributed by atoms with van der Waals surface area (Å²) in [5.41, 5.74) is -0.362. The fourth-order valence-electron chi connectivity index (χ4n) is 1.98. The molecular weight excluding hydrogens is 264 g/mol. The Hall–Kier alpha value is -1.99. The second-order valence-corrected chi connectivity index (χ2v) is 4.82. The van der Waals surface area contributed by atoms with Gasteiger partial charge in [0.2, 0.25) is 0 Å². The van der Waals surface area contributed by atoms with Crippen molar-refractivity contribution in [2.75, 3.05) is 6.54 Å². The molecule has 0 saturated carbocycles. The van der Waals surface area contributed by atoms with Gasteiger partial charge >= 0.3 is 6.03 Å². The molecule has 1 fully saturated rings. The van der Waals surface area contributed by atoms with E-state index in [1.54, 1.807) is 38.1 Å². The summed E-state index contributed by atoms with van der Waals surface area (Å²) < 4.78 is 0. The van der Waals surface area contributed by atoms with Crippen molar-refractivity contribution in [3.05, 3.63) is 34.9 Å². The molecule has 1 heterocycles. The molecule has 1 saturated heterocycles. The smallest absolute Gasteiger partial charge is 0.319 e. The molecule has 1 aromatic rings. The topological polar surface area (TPSA) is 49.4 Å². The zero-order valence-corrected chi connectivity index (χ0v) is 11.4. The number of rotatable bonds is 2. The molecule has 1 aromatic carbocycles. The Kier molecular flexibility index (Phi) is 3.50. The van der Waals surface area contributed by atoms with Gasteiger partial charge < -0.3 is 5.32 Å². The number of hydrogen-bond donors (Lipinski definition) is 1. The molecule has 0 unspecified atom stereocenters. The lowest BCUT2D eigenvalue weighted by atomic mass is 9.92. The molecule has 0 bridgehead atoms. The lowest BCUT2D eigenvalue weighted by Gasteiger charge is -2.21. The second-order valence-electron chi connectivity index (χ2n) is 4.38. The summed E-state index contributed by atoms with van der Waals surface area (Å²) in [6.45, 7) is 3.44. The molecule has 1 N–H and O–H groups in total. The van der Waals surface area contributed by atoms with Crippen molar-refractivity contribution in [2.24, 2.45) is 0 Å². The van der Waals surface area contributed by atoms with E-state index in [-0.39, 0.29) is 12.5 Å². The van der Waals surface area contributed by atoms with Crippen molar-refractivity contribution in [3.63, 3.8) is 0 Å². The lowest BCUT2D eigenvalue weighted by Crippen LogP contribution is -2.40. The Morgan fingerprint density at radius 1 is 1.32 bits per heavy atom. The van der Waals surface area contributed by atoms with E-state index in [1.807, 2.05) is 0 Å². The van der Waals surface area contributed by atoms with E-state index < -0.39 is 11.6 Å². The van der Waals surface area contributed by atoms with Gasteiger partial charge in [0.25, 0.3) is 5.91 Å². The van der Waals surface area contributed by atoms with E-state index in [9.17, 15) is 9.59 Å². The molecular formula is C14H13ClN2O2. The van der Waals surface area contributed by atoms with Crippen molar-refractivity contribution < 1.29 is 9.59 Å². The number of benzene rings is 1. The van der Waals surface area contributed by atoms with Crippen molar-refractivity contribution in [3.8, 4) is 11.8 Å². The minimum atomic E-state index is -1.06. The van der Waals surface area contributed by atoms with E-state index >= 15 is 0 Å². The van der Waals surface area contributed by atoms with E-state index in [1.165, 1.54) is 0 Å². The Morgan fingerprint density at radius 3 is 2.53 bits per heavy atom. The number of urea groups is 1. The number of halogens is 1. The van der Waals surface area contributed by atoms with Crippen LogP contribution < -0.4 is 5.32 Å². The number of hydrogen-bond acceptors (Lipinski definition) is 2. The number of carbonyl (C=O) groups excluding carboxylic acids is 2. The monoisotopic (exact) mass is 276 g/mol. The van der Waals surface area contributed by atoms with Crippen LogP contribution in [0.5, 0.6) is 0 Å². The molecule has 2 rings (SSSR count). The highest BCUT2D eigenvalue weighted by atomic mass is 35.5. The number of amides is 3. The van der Waals surface area contributed by atoms with Crippen LogP contribution >= 0.6 is 11.6 Å². The van der Waals surface area contributed by atoms with Gasteiger partial charge in [-0.3, -0.25) is 9.69 Å². The normalized spacial score (nSPS) is 21.9. The Labute approximate surface area is 116 Å². The maximum atomic E-state index is 12.4. The average molecular weight is 277 g/mol. The molecule has 4 nitrogen and oxygen atoms in total. The summed E-state index contributed by atoms with van der Waals surface area (Å²) >= 11 is 5.83. The van der Waals surface area contributed by atoms with Crippen LogP contribution in [-0.2, 0) is 10.3 Å². The van der Waals surface area contributed by atoms with Gasteiger partial charge in [-0.15, -0.1) is 5.92 Å². The molecule has 0 spiro atoms. The largest absolute Gasteiger partial charge is 0.326 e. The maximum Gasteiger partial charge on any atom is 0.326 e. The van der Waals surface area contributed by atoms with Crippen molar-refractivity contribution in [1.82, 2.24) is 10.2 Å². The molecule has 98 valence electrons. The quantitative estimate of drug-likeness (QED) is 0.664.